The van der Waals surface area contributed by atoms with Crippen LogP contribution in [0.5, 0.6) is 5.75 Å². The third kappa shape index (κ3) is 4.17. The first-order chi connectivity index (χ1) is 12.1. The van der Waals surface area contributed by atoms with Crippen molar-refractivity contribution in [3.63, 3.8) is 0 Å². The highest BCUT2D eigenvalue weighted by molar-refractivity contribution is 6.30. The summed E-state index contributed by atoms with van der Waals surface area (Å²) in [5, 5.41) is 1.91. The zero-order valence-corrected chi connectivity index (χ0v) is 14.4. The number of aromatic nitrogens is 1. The molecule has 4 nitrogen and oxygen atoms in total. The van der Waals surface area contributed by atoms with Gasteiger partial charge in [-0.3, -0.25) is 9.78 Å². The minimum atomic E-state index is -0.402. The van der Waals surface area contributed by atoms with Gasteiger partial charge in [0.15, 0.2) is 5.75 Å². The number of nitrogens with zero attached hydrogens (tertiary/aromatic N) is 2. The summed E-state index contributed by atoms with van der Waals surface area (Å²) >= 11 is 5.93. The Balaban J connectivity index is 1.90. The Morgan fingerprint density at radius 3 is 2.40 bits per heavy atom. The average molecular weight is 353 g/mol. The lowest BCUT2D eigenvalue weighted by Crippen LogP contribution is -2.37. The van der Waals surface area contributed by atoms with E-state index in [-0.39, 0.29) is 5.91 Å². The normalized spacial score (nSPS) is 11.6. The van der Waals surface area contributed by atoms with Crippen LogP contribution in [-0.4, -0.2) is 10.9 Å². The number of halogens is 1. The zero-order chi connectivity index (χ0) is 17.6. The molecule has 0 saturated carbocycles. The van der Waals surface area contributed by atoms with E-state index < -0.39 is 5.92 Å². The maximum absolute atomic E-state index is 13.1. The van der Waals surface area contributed by atoms with Crippen LogP contribution in [0.2, 0.25) is 5.02 Å². The van der Waals surface area contributed by atoms with E-state index in [0.29, 0.717) is 16.5 Å². The number of benzene rings is 2. The topological polar surface area (TPSA) is 42.4 Å². The van der Waals surface area contributed by atoms with Gasteiger partial charge in [-0.15, -0.1) is 5.06 Å². The van der Waals surface area contributed by atoms with Crippen LogP contribution in [0, 0.1) is 0 Å². The van der Waals surface area contributed by atoms with Gasteiger partial charge < -0.3 is 4.84 Å². The maximum Gasteiger partial charge on any atom is 0.267 e. The fourth-order valence-electron chi connectivity index (χ4n) is 2.36. The van der Waals surface area contributed by atoms with Crippen LogP contribution in [0.25, 0.3) is 0 Å². The molecule has 0 radical (unpaired) electrons. The van der Waals surface area contributed by atoms with E-state index in [1.807, 2.05) is 37.3 Å². The molecule has 0 spiro atoms. The van der Waals surface area contributed by atoms with Crippen molar-refractivity contribution in [2.75, 3.05) is 5.06 Å². The van der Waals surface area contributed by atoms with Gasteiger partial charge in [-0.1, -0.05) is 41.9 Å². The highest BCUT2D eigenvalue weighted by Crippen LogP contribution is 2.25. The van der Waals surface area contributed by atoms with E-state index in [4.69, 9.17) is 16.4 Å². The first kappa shape index (κ1) is 17.0. The average Bonchev–Trinajstić information content (AvgIpc) is 2.67. The van der Waals surface area contributed by atoms with E-state index >= 15 is 0 Å². The maximum atomic E-state index is 13.1. The Bertz CT molecular complexity index is 823. The molecule has 25 heavy (non-hydrogen) atoms. The molecule has 0 aliphatic carbocycles. The van der Waals surface area contributed by atoms with Crippen molar-refractivity contribution < 1.29 is 9.63 Å². The fraction of sp³-hybridized carbons (Fsp3) is 0.100. The molecule has 1 heterocycles. The highest BCUT2D eigenvalue weighted by atomic mass is 35.5. The number of hydrogen-bond donors (Lipinski definition) is 0. The summed E-state index contributed by atoms with van der Waals surface area (Å²) in [6, 6.07) is 19.9. The van der Waals surface area contributed by atoms with Gasteiger partial charge in [0.2, 0.25) is 0 Å². The Labute approximate surface area is 151 Å². The molecule has 5 heteroatoms. The van der Waals surface area contributed by atoms with Gasteiger partial charge in [0.1, 0.15) is 5.69 Å². The molecule has 3 aromatic rings. The van der Waals surface area contributed by atoms with Crippen molar-refractivity contribution in [1.29, 1.82) is 0 Å². The van der Waals surface area contributed by atoms with Crippen LogP contribution >= 0.6 is 11.6 Å². The Hall–Kier alpha value is -2.85. The summed E-state index contributed by atoms with van der Waals surface area (Å²) in [6.07, 6.45) is 3.24. The summed E-state index contributed by atoms with van der Waals surface area (Å²) in [4.78, 5) is 23.0. The van der Waals surface area contributed by atoms with E-state index in [2.05, 4.69) is 4.98 Å². The lowest BCUT2D eigenvalue weighted by molar-refractivity contribution is -0.123. The molecule has 0 N–H and O–H groups in total. The fourth-order valence-corrected chi connectivity index (χ4v) is 2.48. The van der Waals surface area contributed by atoms with Gasteiger partial charge in [-0.2, -0.15) is 0 Å². The molecule has 0 bridgehead atoms. The summed E-state index contributed by atoms with van der Waals surface area (Å²) in [7, 11) is 0. The van der Waals surface area contributed by atoms with Crippen LogP contribution in [0.1, 0.15) is 18.4 Å². The standard InChI is InChI=1S/C20H17ClN2O2/c1-15(16-9-11-17(21)12-10-16)20(24)23(18-6-5-13-22-14-18)25-19-7-3-2-4-8-19/h2-15H,1H3. The van der Waals surface area contributed by atoms with Gasteiger partial charge in [-0.05, 0) is 48.9 Å². The molecule has 3 rings (SSSR count). The van der Waals surface area contributed by atoms with Gasteiger partial charge in [-0.25, -0.2) is 0 Å². The van der Waals surface area contributed by atoms with Crippen LogP contribution in [0.3, 0.4) is 0 Å². The zero-order valence-electron chi connectivity index (χ0n) is 13.7. The molecule has 0 fully saturated rings. The number of pyridine rings is 1. The van der Waals surface area contributed by atoms with Crippen molar-refractivity contribution in [3.05, 3.63) is 89.7 Å². The largest absolute Gasteiger partial charge is 0.372 e. The van der Waals surface area contributed by atoms with Crippen LogP contribution in [0.15, 0.2) is 79.1 Å². The van der Waals surface area contributed by atoms with Crippen LogP contribution in [0.4, 0.5) is 5.69 Å². The van der Waals surface area contributed by atoms with E-state index in [1.54, 1.807) is 48.8 Å². The molecule has 0 aliphatic heterocycles. The summed E-state index contributed by atoms with van der Waals surface area (Å²) < 4.78 is 0. The Morgan fingerprint density at radius 2 is 1.76 bits per heavy atom. The Kier molecular flexibility index (Phi) is 5.31. The third-order valence-corrected chi connectivity index (χ3v) is 4.01. The smallest absolute Gasteiger partial charge is 0.267 e. The SMILES string of the molecule is CC(C(=O)N(Oc1ccccc1)c1cccnc1)c1ccc(Cl)cc1. The van der Waals surface area contributed by atoms with Crippen molar-refractivity contribution in [3.8, 4) is 5.75 Å². The lowest BCUT2D eigenvalue weighted by Gasteiger charge is -2.25. The summed E-state index contributed by atoms with van der Waals surface area (Å²) in [5.74, 6) is -0.0247. The van der Waals surface area contributed by atoms with Gasteiger partial charge in [0, 0.05) is 11.2 Å². The van der Waals surface area contributed by atoms with Crippen molar-refractivity contribution in [1.82, 2.24) is 4.98 Å². The van der Waals surface area contributed by atoms with Gasteiger partial charge in [0.05, 0.1) is 12.1 Å². The van der Waals surface area contributed by atoms with Crippen molar-refractivity contribution in [2.24, 2.45) is 0 Å². The second-order valence-corrected chi connectivity index (χ2v) is 5.96. The molecule has 0 saturated heterocycles. The molecule has 126 valence electrons. The van der Waals surface area contributed by atoms with E-state index in [0.717, 1.165) is 5.56 Å². The van der Waals surface area contributed by atoms with Gasteiger partial charge in [0.25, 0.3) is 5.91 Å². The van der Waals surface area contributed by atoms with Crippen molar-refractivity contribution >= 4 is 23.2 Å². The molecular formula is C20H17ClN2O2. The number of hydrogen-bond acceptors (Lipinski definition) is 3. The molecule has 0 aliphatic rings. The molecular weight excluding hydrogens is 336 g/mol. The number of carbonyl (C=O) groups excluding carboxylic acids is 1. The second-order valence-electron chi connectivity index (χ2n) is 5.52. The van der Waals surface area contributed by atoms with E-state index in [1.165, 1.54) is 5.06 Å². The highest BCUT2D eigenvalue weighted by Gasteiger charge is 2.25. The number of amides is 1. The third-order valence-electron chi connectivity index (χ3n) is 3.76. The summed E-state index contributed by atoms with van der Waals surface area (Å²) in [6.45, 7) is 1.84. The Morgan fingerprint density at radius 1 is 1.04 bits per heavy atom. The minimum Gasteiger partial charge on any atom is -0.372 e. The van der Waals surface area contributed by atoms with Gasteiger partial charge >= 0.3 is 0 Å². The van der Waals surface area contributed by atoms with Crippen molar-refractivity contribution in [2.45, 2.75) is 12.8 Å². The monoisotopic (exact) mass is 352 g/mol. The minimum absolute atomic E-state index is 0.195. The first-order valence-corrected chi connectivity index (χ1v) is 8.25. The number of hydroxylamine groups is 1. The summed E-state index contributed by atoms with van der Waals surface area (Å²) in [5.41, 5.74) is 1.43. The quantitative estimate of drug-likeness (QED) is 0.615. The second kappa shape index (κ2) is 7.81. The molecule has 2 aromatic carbocycles. The number of para-hydroxylation sites is 1. The van der Waals surface area contributed by atoms with E-state index in [9.17, 15) is 4.79 Å². The van der Waals surface area contributed by atoms with Crippen LogP contribution in [-0.2, 0) is 4.79 Å². The molecule has 1 aromatic heterocycles. The molecule has 1 atom stereocenters. The first-order valence-electron chi connectivity index (χ1n) is 7.87. The molecule has 1 unspecified atom stereocenters. The predicted molar refractivity (Wildman–Crippen MR) is 98.7 cm³/mol. The van der Waals surface area contributed by atoms with Crippen LogP contribution < -0.4 is 9.90 Å². The number of rotatable bonds is 5. The lowest BCUT2D eigenvalue weighted by atomic mass is 10.0. The molecule has 1 amide bonds. The number of anilines is 1. The number of carbonyl (C=O) groups is 1. The predicted octanol–water partition coefficient (Wildman–Crippen LogP) is 4.87.